The molecule has 186 valence electrons. The number of aryl methyl sites for hydroxylation is 1. The Kier molecular flexibility index (Phi) is 8.76. The Morgan fingerprint density at radius 1 is 1.11 bits per heavy atom. The molecule has 0 saturated carbocycles. The Balaban J connectivity index is 1.36. The molecule has 11 heteroatoms. The molecular weight excluding hydrogens is 523 g/mol. The number of benzene rings is 2. The van der Waals surface area contributed by atoms with E-state index in [-0.39, 0.29) is 12.4 Å². The van der Waals surface area contributed by atoms with Crippen LogP contribution in [-0.4, -0.2) is 39.5 Å². The third kappa shape index (κ3) is 6.73. The summed E-state index contributed by atoms with van der Waals surface area (Å²) >= 11 is 8.66. The molecule has 0 saturated heterocycles. The van der Waals surface area contributed by atoms with Crippen molar-refractivity contribution in [2.45, 2.75) is 25.0 Å². The van der Waals surface area contributed by atoms with E-state index < -0.39 is 24.0 Å². The summed E-state index contributed by atoms with van der Waals surface area (Å²) in [6.07, 6.45) is 2.89. The van der Waals surface area contributed by atoms with Gasteiger partial charge in [0.15, 0.2) is 0 Å². The molecule has 0 aliphatic rings. The minimum absolute atomic E-state index is 0.282. The van der Waals surface area contributed by atoms with Crippen LogP contribution in [0.4, 0.5) is 4.39 Å². The number of aliphatic hydroxyl groups is 1. The van der Waals surface area contributed by atoms with E-state index in [4.69, 9.17) is 11.6 Å². The molecule has 7 nitrogen and oxygen atoms in total. The molecule has 2 aromatic carbocycles. The molecule has 2 amide bonds. The minimum Gasteiger partial charge on any atom is -0.384 e. The average Bonchev–Trinajstić information content (AvgIpc) is 3.59. The topological polar surface area (TPSA) is 104 Å². The van der Waals surface area contributed by atoms with E-state index in [1.165, 1.54) is 41.0 Å². The lowest BCUT2D eigenvalue weighted by atomic mass is 10.0. The van der Waals surface area contributed by atoms with Gasteiger partial charge in [-0.15, -0.1) is 22.7 Å². The highest BCUT2D eigenvalue weighted by Crippen LogP contribution is 2.31. The van der Waals surface area contributed by atoms with Crippen molar-refractivity contribution < 1.29 is 19.1 Å². The first-order valence-electron chi connectivity index (χ1n) is 11.0. The molecule has 2 atom stereocenters. The van der Waals surface area contributed by atoms with Crippen LogP contribution in [0.15, 0.2) is 66.3 Å². The first-order valence-corrected chi connectivity index (χ1v) is 13.1. The molecule has 3 N–H and O–H groups in total. The van der Waals surface area contributed by atoms with E-state index in [1.807, 2.05) is 18.2 Å². The van der Waals surface area contributed by atoms with Gasteiger partial charge in [-0.3, -0.25) is 9.59 Å². The molecule has 0 spiro atoms. The largest absolute Gasteiger partial charge is 0.384 e. The molecular formula is C25H22ClFN4O3S2. The lowest BCUT2D eigenvalue weighted by molar-refractivity contribution is -0.121. The van der Waals surface area contributed by atoms with Crippen LogP contribution in [0.5, 0.6) is 0 Å². The Bertz CT molecular complexity index is 1320. The van der Waals surface area contributed by atoms with Gasteiger partial charge in [-0.1, -0.05) is 41.9 Å². The number of nitrogens with zero attached hydrogens (tertiary/aromatic N) is 2. The van der Waals surface area contributed by atoms with Crippen LogP contribution in [0.2, 0.25) is 5.02 Å². The Labute approximate surface area is 220 Å². The number of aliphatic hydroxyl groups excluding tert-OH is 1. The number of hydrogen-bond donors (Lipinski definition) is 3. The van der Waals surface area contributed by atoms with Crippen molar-refractivity contribution in [2.75, 3.05) is 6.54 Å². The number of carbonyl (C=O) groups excluding carboxylic acids is 2. The molecule has 0 fully saturated rings. The molecule has 2 aromatic heterocycles. The second kappa shape index (κ2) is 12.2. The molecule has 0 radical (unpaired) electrons. The van der Waals surface area contributed by atoms with Crippen molar-refractivity contribution in [1.29, 1.82) is 0 Å². The molecule has 0 aliphatic heterocycles. The van der Waals surface area contributed by atoms with E-state index >= 15 is 0 Å². The van der Waals surface area contributed by atoms with E-state index in [2.05, 4.69) is 20.6 Å². The van der Waals surface area contributed by atoms with E-state index in [9.17, 15) is 19.1 Å². The van der Waals surface area contributed by atoms with Gasteiger partial charge in [0.1, 0.15) is 26.8 Å². The summed E-state index contributed by atoms with van der Waals surface area (Å²) in [4.78, 5) is 34.0. The number of hydrogen-bond acceptors (Lipinski definition) is 7. The van der Waals surface area contributed by atoms with Gasteiger partial charge in [0, 0.05) is 17.1 Å². The zero-order chi connectivity index (χ0) is 25.5. The molecule has 2 unspecified atom stereocenters. The summed E-state index contributed by atoms with van der Waals surface area (Å²) in [6, 6.07) is 12.6. The first-order chi connectivity index (χ1) is 17.4. The van der Waals surface area contributed by atoms with Crippen molar-refractivity contribution in [1.82, 2.24) is 20.6 Å². The second-order valence-electron chi connectivity index (χ2n) is 7.85. The summed E-state index contributed by atoms with van der Waals surface area (Å²) < 4.78 is 13.2. The van der Waals surface area contributed by atoms with Gasteiger partial charge in [-0.05, 0) is 36.6 Å². The summed E-state index contributed by atoms with van der Waals surface area (Å²) in [5.74, 6) is -1.23. The van der Waals surface area contributed by atoms with Crippen LogP contribution in [0.1, 0.15) is 32.8 Å². The van der Waals surface area contributed by atoms with E-state index in [0.29, 0.717) is 32.8 Å². The number of amides is 2. The fraction of sp³-hybridized carbons (Fsp3) is 0.200. The maximum Gasteiger partial charge on any atom is 0.263 e. The zero-order valence-electron chi connectivity index (χ0n) is 18.9. The maximum absolute atomic E-state index is 13.2. The van der Waals surface area contributed by atoms with Gasteiger partial charge < -0.3 is 15.7 Å². The number of carbonyl (C=O) groups is 2. The van der Waals surface area contributed by atoms with Crippen molar-refractivity contribution in [3.05, 3.63) is 92.6 Å². The summed E-state index contributed by atoms with van der Waals surface area (Å²) in [5.41, 5.74) is 1.59. The number of aromatic nitrogens is 2. The molecule has 4 aromatic rings. The highest BCUT2D eigenvalue weighted by Gasteiger charge is 2.25. The van der Waals surface area contributed by atoms with Crippen molar-refractivity contribution in [2.24, 2.45) is 0 Å². The Morgan fingerprint density at radius 3 is 2.61 bits per heavy atom. The summed E-state index contributed by atoms with van der Waals surface area (Å²) in [6.45, 7) is -0.282. The second-order valence-corrected chi connectivity index (χ2v) is 10.2. The van der Waals surface area contributed by atoms with Gasteiger partial charge in [-0.2, -0.15) is 0 Å². The quantitative estimate of drug-likeness (QED) is 0.270. The van der Waals surface area contributed by atoms with Gasteiger partial charge in [0.2, 0.25) is 5.91 Å². The fourth-order valence-corrected chi connectivity index (χ4v) is 5.32. The number of halogens is 2. The average molecular weight is 545 g/mol. The predicted molar refractivity (Wildman–Crippen MR) is 139 cm³/mol. The normalized spacial score (nSPS) is 12.6. The summed E-state index contributed by atoms with van der Waals surface area (Å²) in [5, 5.41) is 19.5. The van der Waals surface area contributed by atoms with Crippen molar-refractivity contribution in [3.8, 4) is 10.6 Å². The predicted octanol–water partition coefficient (Wildman–Crippen LogP) is 4.64. The molecule has 0 bridgehead atoms. The number of nitrogens with one attached hydrogen (secondary N) is 2. The molecule has 0 aliphatic carbocycles. The standard InChI is InChI=1S/C25H22ClFN4O3S2/c26-18-4-2-1-3-17(18)24-30-13-20(36-24)23(34)29-14-21(32)31-19(22(33)25-28-11-12-35-25)10-7-15-5-8-16(27)9-6-15/h1-6,8-9,11-13,19,22,33H,7,10,14H2,(H,29,34)(H,31,32). The van der Waals surface area contributed by atoms with Crippen LogP contribution in [-0.2, 0) is 11.2 Å². The minimum atomic E-state index is -1.02. The van der Waals surface area contributed by atoms with Crippen LogP contribution < -0.4 is 10.6 Å². The van der Waals surface area contributed by atoms with Gasteiger partial charge in [0.05, 0.1) is 23.8 Å². The van der Waals surface area contributed by atoms with E-state index in [1.54, 1.807) is 29.8 Å². The molecule has 36 heavy (non-hydrogen) atoms. The first kappa shape index (κ1) is 25.9. The van der Waals surface area contributed by atoms with Crippen LogP contribution in [0.3, 0.4) is 0 Å². The molecule has 2 heterocycles. The van der Waals surface area contributed by atoms with Crippen LogP contribution >= 0.6 is 34.3 Å². The smallest absolute Gasteiger partial charge is 0.263 e. The third-order valence-electron chi connectivity index (χ3n) is 5.33. The lowest BCUT2D eigenvalue weighted by Crippen LogP contribution is -2.44. The number of rotatable bonds is 10. The number of thiazole rings is 2. The Morgan fingerprint density at radius 2 is 1.89 bits per heavy atom. The SMILES string of the molecule is O=C(CNC(=O)c1cnc(-c2ccccc2Cl)s1)NC(CCc1ccc(F)cc1)C(O)c1nccs1. The van der Waals surface area contributed by atoms with Gasteiger partial charge in [-0.25, -0.2) is 14.4 Å². The van der Waals surface area contributed by atoms with Gasteiger partial charge in [0.25, 0.3) is 5.91 Å². The van der Waals surface area contributed by atoms with Crippen molar-refractivity contribution >= 4 is 46.1 Å². The third-order valence-corrected chi connectivity index (χ3v) is 7.54. The lowest BCUT2D eigenvalue weighted by Gasteiger charge is -2.23. The van der Waals surface area contributed by atoms with Crippen LogP contribution in [0.25, 0.3) is 10.6 Å². The highest BCUT2D eigenvalue weighted by molar-refractivity contribution is 7.17. The fourth-order valence-electron chi connectivity index (χ4n) is 3.48. The van der Waals surface area contributed by atoms with Crippen molar-refractivity contribution in [3.63, 3.8) is 0 Å². The maximum atomic E-state index is 13.2. The highest BCUT2D eigenvalue weighted by atomic mass is 35.5. The zero-order valence-corrected chi connectivity index (χ0v) is 21.2. The van der Waals surface area contributed by atoms with Crippen LogP contribution in [0, 0.1) is 5.82 Å². The monoisotopic (exact) mass is 544 g/mol. The van der Waals surface area contributed by atoms with E-state index in [0.717, 1.165) is 11.1 Å². The molecule has 4 rings (SSSR count). The Hall–Kier alpha value is -3.18. The van der Waals surface area contributed by atoms with Gasteiger partial charge >= 0.3 is 0 Å². The summed E-state index contributed by atoms with van der Waals surface area (Å²) in [7, 11) is 0.